The molecule has 2 heterocycles. The minimum Gasteiger partial charge on any atom is -0.444 e. The Morgan fingerprint density at radius 3 is 2.09 bits per heavy atom. The highest BCUT2D eigenvalue weighted by atomic mass is 16.6. The normalized spacial score (nSPS) is 20.3. The van der Waals surface area contributed by atoms with Gasteiger partial charge in [0.2, 0.25) is 11.8 Å². The number of imide groups is 1. The molecule has 7 nitrogen and oxygen atoms in total. The molecule has 23 heavy (non-hydrogen) atoms. The first-order valence-electron chi connectivity index (χ1n) is 8.30. The molecular weight excluding hydrogens is 298 g/mol. The molecule has 0 spiro atoms. The number of nitrogens with zero attached hydrogens (tertiary/aromatic N) is 3. The van der Waals surface area contributed by atoms with Crippen molar-refractivity contribution in [2.24, 2.45) is 0 Å². The van der Waals surface area contributed by atoms with Crippen LogP contribution in [0.4, 0.5) is 4.79 Å². The van der Waals surface area contributed by atoms with Gasteiger partial charge >= 0.3 is 6.09 Å². The molecule has 2 rings (SSSR count). The molecule has 0 atom stereocenters. The Labute approximate surface area is 137 Å². The third-order valence-corrected chi connectivity index (χ3v) is 4.03. The maximum absolute atomic E-state index is 12.0. The molecule has 0 radical (unpaired) electrons. The van der Waals surface area contributed by atoms with Gasteiger partial charge in [0, 0.05) is 45.6 Å². The predicted molar refractivity (Wildman–Crippen MR) is 84.8 cm³/mol. The fourth-order valence-corrected chi connectivity index (χ4v) is 2.81. The maximum Gasteiger partial charge on any atom is 0.410 e. The van der Waals surface area contributed by atoms with Gasteiger partial charge in [-0.1, -0.05) is 0 Å². The van der Waals surface area contributed by atoms with E-state index in [1.54, 1.807) is 4.90 Å². The molecule has 2 aliphatic rings. The molecule has 7 heteroatoms. The number of carbonyl (C=O) groups is 3. The van der Waals surface area contributed by atoms with E-state index in [4.69, 9.17) is 4.74 Å². The van der Waals surface area contributed by atoms with Gasteiger partial charge in [0.15, 0.2) is 0 Å². The molecule has 130 valence electrons. The zero-order valence-corrected chi connectivity index (χ0v) is 14.3. The number of hydrogen-bond acceptors (Lipinski definition) is 5. The summed E-state index contributed by atoms with van der Waals surface area (Å²) in [4.78, 5) is 40.4. The minimum absolute atomic E-state index is 0.0512. The van der Waals surface area contributed by atoms with Crippen molar-refractivity contribution >= 4 is 17.9 Å². The van der Waals surface area contributed by atoms with E-state index in [0.29, 0.717) is 32.5 Å². The van der Waals surface area contributed by atoms with Crippen molar-refractivity contribution in [2.75, 3.05) is 39.3 Å². The van der Waals surface area contributed by atoms with Crippen LogP contribution in [0.3, 0.4) is 0 Å². The quantitative estimate of drug-likeness (QED) is 0.723. The fraction of sp³-hybridized carbons (Fsp3) is 0.812. The van der Waals surface area contributed by atoms with E-state index in [1.165, 1.54) is 4.90 Å². The van der Waals surface area contributed by atoms with Gasteiger partial charge in [0.1, 0.15) is 5.60 Å². The summed E-state index contributed by atoms with van der Waals surface area (Å²) in [5.74, 6) is -0.102. The SMILES string of the molecule is CC(C)(C)OC(=O)N1CCN(CCCN2C(=O)CCC2=O)CC1. The monoisotopic (exact) mass is 325 g/mol. The molecule has 0 aromatic carbocycles. The van der Waals surface area contributed by atoms with E-state index >= 15 is 0 Å². The highest BCUT2D eigenvalue weighted by Gasteiger charge is 2.29. The smallest absolute Gasteiger partial charge is 0.410 e. The predicted octanol–water partition coefficient (Wildman–Crippen LogP) is 1.08. The summed E-state index contributed by atoms with van der Waals surface area (Å²) in [6, 6.07) is 0. The lowest BCUT2D eigenvalue weighted by atomic mass is 10.2. The van der Waals surface area contributed by atoms with E-state index in [0.717, 1.165) is 26.1 Å². The molecule has 2 aliphatic heterocycles. The van der Waals surface area contributed by atoms with Crippen molar-refractivity contribution < 1.29 is 19.1 Å². The topological polar surface area (TPSA) is 70.2 Å². The summed E-state index contributed by atoms with van der Waals surface area (Å²) in [5.41, 5.74) is -0.469. The third kappa shape index (κ3) is 5.20. The summed E-state index contributed by atoms with van der Waals surface area (Å²) in [7, 11) is 0. The van der Waals surface area contributed by atoms with Crippen molar-refractivity contribution in [2.45, 2.75) is 45.6 Å². The second kappa shape index (κ2) is 7.29. The van der Waals surface area contributed by atoms with E-state index in [-0.39, 0.29) is 17.9 Å². The van der Waals surface area contributed by atoms with Crippen LogP contribution in [0.15, 0.2) is 0 Å². The number of piperazine rings is 1. The van der Waals surface area contributed by atoms with E-state index in [1.807, 2.05) is 20.8 Å². The highest BCUT2D eigenvalue weighted by molar-refractivity contribution is 6.01. The lowest BCUT2D eigenvalue weighted by Crippen LogP contribution is -2.50. The minimum atomic E-state index is -0.469. The molecule has 2 saturated heterocycles. The molecule has 0 aromatic heterocycles. The Kier molecular flexibility index (Phi) is 5.62. The Morgan fingerprint density at radius 2 is 1.57 bits per heavy atom. The first kappa shape index (κ1) is 17.7. The van der Waals surface area contributed by atoms with Gasteiger partial charge in [-0.3, -0.25) is 19.4 Å². The Bertz CT molecular complexity index is 448. The average molecular weight is 325 g/mol. The van der Waals surface area contributed by atoms with Gasteiger partial charge in [-0.2, -0.15) is 0 Å². The Hall–Kier alpha value is -1.63. The number of likely N-dealkylation sites (tertiary alicyclic amines) is 1. The summed E-state index contributed by atoms with van der Waals surface area (Å²) in [6.07, 6.45) is 1.23. The summed E-state index contributed by atoms with van der Waals surface area (Å²) < 4.78 is 5.37. The first-order valence-corrected chi connectivity index (χ1v) is 8.30. The molecule has 0 bridgehead atoms. The van der Waals surface area contributed by atoms with Gasteiger partial charge in [0.05, 0.1) is 0 Å². The van der Waals surface area contributed by atoms with Gasteiger partial charge < -0.3 is 9.64 Å². The van der Waals surface area contributed by atoms with E-state index in [2.05, 4.69) is 4.90 Å². The van der Waals surface area contributed by atoms with Crippen LogP contribution in [0, 0.1) is 0 Å². The van der Waals surface area contributed by atoms with Crippen molar-refractivity contribution in [1.29, 1.82) is 0 Å². The second-order valence-electron chi connectivity index (χ2n) is 7.10. The summed E-state index contributed by atoms with van der Waals surface area (Å²) >= 11 is 0. The zero-order chi connectivity index (χ0) is 17.0. The van der Waals surface area contributed by atoms with Crippen molar-refractivity contribution in [3.05, 3.63) is 0 Å². The number of amides is 3. The molecule has 0 unspecified atom stereocenters. The van der Waals surface area contributed by atoms with Crippen molar-refractivity contribution in [3.8, 4) is 0 Å². The van der Waals surface area contributed by atoms with E-state index < -0.39 is 5.60 Å². The number of ether oxygens (including phenoxy) is 1. The van der Waals surface area contributed by atoms with Crippen molar-refractivity contribution in [1.82, 2.24) is 14.7 Å². The molecule has 0 saturated carbocycles. The largest absolute Gasteiger partial charge is 0.444 e. The maximum atomic E-state index is 12.0. The molecular formula is C16H27N3O4. The van der Waals surface area contributed by atoms with Gasteiger partial charge in [0.25, 0.3) is 0 Å². The van der Waals surface area contributed by atoms with Crippen molar-refractivity contribution in [3.63, 3.8) is 0 Å². The van der Waals surface area contributed by atoms with Crippen LogP contribution in [0.25, 0.3) is 0 Å². The van der Waals surface area contributed by atoms with Gasteiger partial charge in [-0.05, 0) is 33.7 Å². The second-order valence-corrected chi connectivity index (χ2v) is 7.10. The van der Waals surface area contributed by atoms with E-state index in [9.17, 15) is 14.4 Å². The van der Waals surface area contributed by atoms with Gasteiger partial charge in [-0.25, -0.2) is 4.79 Å². The number of rotatable bonds is 4. The first-order chi connectivity index (χ1) is 10.8. The number of hydrogen-bond donors (Lipinski definition) is 0. The van der Waals surface area contributed by atoms with Crippen LogP contribution in [0.5, 0.6) is 0 Å². The van der Waals surface area contributed by atoms with Crippen LogP contribution >= 0.6 is 0 Å². The standard InChI is InChI=1S/C16H27N3O4/c1-16(2,3)23-15(22)18-11-9-17(10-12-18)7-4-8-19-13(20)5-6-14(19)21/h4-12H2,1-3H3. The van der Waals surface area contributed by atoms with Crippen LogP contribution < -0.4 is 0 Å². The van der Waals surface area contributed by atoms with Crippen LogP contribution in [-0.2, 0) is 14.3 Å². The van der Waals surface area contributed by atoms with Crippen LogP contribution in [-0.4, -0.2) is 77.5 Å². The Balaban J connectivity index is 1.66. The number of carbonyl (C=O) groups excluding carboxylic acids is 3. The molecule has 0 N–H and O–H groups in total. The highest BCUT2D eigenvalue weighted by Crippen LogP contribution is 2.14. The molecule has 3 amide bonds. The lowest BCUT2D eigenvalue weighted by molar-refractivity contribution is -0.138. The summed E-state index contributed by atoms with van der Waals surface area (Å²) in [5, 5.41) is 0. The average Bonchev–Trinajstić information content (AvgIpc) is 2.78. The third-order valence-electron chi connectivity index (χ3n) is 4.03. The molecule has 2 fully saturated rings. The molecule has 0 aromatic rings. The lowest BCUT2D eigenvalue weighted by Gasteiger charge is -2.35. The van der Waals surface area contributed by atoms with Crippen LogP contribution in [0.1, 0.15) is 40.0 Å². The van der Waals surface area contributed by atoms with Gasteiger partial charge in [-0.15, -0.1) is 0 Å². The zero-order valence-electron chi connectivity index (χ0n) is 14.3. The Morgan fingerprint density at radius 1 is 1.00 bits per heavy atom. The molecule has 0 aliphatic carbocycles. The van der Waals surface area contributed by atoms with Crippen LogP contribution in [0.2, 0.25) is 0 Å². The summed E-state index contributed by atoms with van der Waals surface area (Å²) in [6.45, 7) is 9.81. The fourth-order valence-electron chi connectivity index (χ4n) is 2.81.